The lowest BCUT2D eigenvalue weighted by molar-refractivity contribution is 0.264. The summed E-state index contributed by atoms with van der Waals surface area (Å²) >= 11 is 0. The van der Waals surface area contributed by atoms with Gasteiger partial charge in [0.25, 0.3) is 0 Å². The zero-order chi connectivity index (χ0) is 17.4. The van der Waals surface area contributed by atoms with Crippen LogP contribution in [0.4, 0.5) is 0 Å². The van der Waals surface area contributed by atoms with Crippen molar-refractivity contribution in [2.75, 3.05) is 31.2 Å². The molecule has 0 radical (unpaired) electrons. The number of benzene rings is 1. The molecule has 2 aliphatic rings. The van der Waals surface area contributed by atoms with Gasteiger partial charge in [-0.3, -0.25) is 4.90 Å². The Balaban J connectivity index is 1.91. The molecule has 0 N–H and O–H groups in total. The molecule has 2 fully saturated rings. The average molecular weight is 373 g/mol. The maximum Gasteiger partial charge on any atom is 0.183 e. The van der Waals surface area contributed by atoms with Crippen LogP contribution in [0.25, 0.3) is 0 Å². The molecule has 3 rings (SSSR count). The Bertz CT molecular complexity index is 780. The first-order valence-corrected chi connectivity index (χ1v) is 11.6. The molecule has 0 aliphatic carbocycles. The second-order valence-corrected chi connectivity index (χ2v) is 10.7. The predicted molar refractivity (Wildman–Crippen MR) is 91.8 cm³/mol. The first kappa shape index (κ1) is 17.7. The van der Waals surface area contributed by atoms with Crippen LogP contribution < -0.4 is 4.74 Å². The van der Waals surface area contributed by atoms with Gasteiger partial charge in [-0.25, -0.2) is 16.8 Å². The van der Waals surface area contributed by atoms with Gasteiger partial charge in [-0.1, -0.05) is 0 Å². The zero-order valence-corrected chi connectivity index (χ0v) is 15.4. The van der Waals surface area contributed by atoms with E-state index in [0.717, 1.165) is 25.9 Å². The van der Waals surface area contributed by atoms with Gasteiger partial charge in [-0.2, -0.15) is 0 Å². The van der Waals surface area contributed by atoms with Crippen LogP contribution in [0.2, 0.25) is 0 Å². The van der Waals surface area contributed by atoms with E-state index in [0.29, 0.717) is 12.4 Å². The monoisotopic (exact) mass is 373 g/mol. The fourth-order valence-electron chi connectivity index (χ4n) is 3.57. The summed E-state index contributed by atoms with van der Waals surface area (Å²) in [5.41, 5.74) is 0. The summed E-state index contributed by atoms with van der Waals surface area (Å²) in [6.07, 6.45) is 1.98. The Labute approximate surface area is 143 Å². The van der Waals surface area contributed by atoms with Gasteiger partial charge in [0.2, 0.25) is 0 Å². The van der Waals surface area contributed by atoms with Crippen LogP contribution in [0.15, 0.2) is 29.2 Å². The van der Waals surface area contributed by atoms with Crippen molar-refractivity contribution in [3.8, 4) is 5.75 Å². The van der Waals surface area contributed by atoms with Gasteiger partial charge in [0.1, 0.15) is 5.75 Å². The summed E-state index contributed by atoms with van der Waals surface area (Å²) < 4.78 is 55.6. The van der Waals surface area contributed by atoms with E-state index in [1.807, 2.05) is 11.8 Å². The van der Waals surface area contributed by atoms with E-state index in [4.69, 9.17) is 4.74 Å². The summed E-state index contributed by atoms with van der Waals surface area (Å²) in [4.78, 5) is 2.19. The molecule has 1 aromatic rings. The van der Waals surface area contributed by atoms with Crippen molar-refractivity contribution in [3.63, 3.8) is 0 Å². The second kappa shape index (κ2) is 6.65. The van der Waals surface area contributed by atoms with Crippen molar-refractivity contribution < 1.29 is 21.6 Å². The molecule has 1 aromatic carbocycles. The zero-order valence-electron chi connectivity index (χ0n) is 13.7. The molecule has 0 saturated carbocycles. The summed E-state index contributed by atoms with van der Waals surface area (Å²) in [5.74, 6) is 0.254. The van der Waals surface area contributed by atoms with Gasteiger partial charge < -0.3 is 4.74 Å². The standard InChI is InChI=1S/C16H23NO5S2/c1-2-22-13-5-7-14(8-6-13)24(20,21)16-12-23(18,19)11-15(16)17-9-3-4-10-17/h5-8,15-16H,2-4,9-12H2,1H3. The normalized spacial score (nSPS) is 27.4. The molecule has 2 heterocycles. The fourth-order valence-corrected chi connectivity index (χ4v) is 8.40. The minimum absolute atomic E-state index is 0.0616. The Morgan fingerprint density at radius 1 is 1.12 bits per heavy atom. The molecule has 6 nitrogen and oxygen atoms in total. The summed E-state index contributed by atoms with van der Waals surface area (Å²) in [6, 6.07) is 5.81. The smallest absolute Gasteiger partial charge is 0.183 e. The van der Waals surface area contributed by atoms with Crippen LogP contribution in [0.5, 0.6) is 5.75 Å². The van der Waals surface area contributed by atoms with E-state index in [9.17, 15) is 16.8 Å². The number of likely N-dealkylation sites (tertiary alicyclic amines) is 1. The maximum atomic E-state index is 13.0. The van der Waals surface area contributed by atoms with Gasteiger partial charge in [0.15, 0.2) is 19.7 Å². The van der Waals surface area contributed by atoms with Crippen molar-refractivity contribution in [2.24, 2.45) is 0 Å². The molecule has 2 aliphatic heterocycles. The van der Waals surface area contributed by atoms with Crippen LogP contribution in [0.1, 0.15) is 19.8 Å². The lowest BCUT2D eigenvalue weighted by Crippen LogP contribution is -2.45. The van der Waals surface area contributed by atoms with Crippen LogP contribution in [-0.2, 0) is 19.7 Å². The molecular formula is C16H23NO5S2. The largest absolute Gasteiger partial charge is 0.494 e. The number of ether oxygens (including phenoxy) is 1. The van der Waals surface area contributed by atoms with E-state index >= 15 is 0 Å². The van der Waals surface area contributed by atoms with Crippen molar-refractivity contribution >= 4 is 19.7 Å². The molecule has 2 unspecified atom stereocenters. The molecule has 2 saturated heterocycles. The predicted octanol–water partition coefficient (Wildman–Crippen LogP) is 1.12. The lowest BCUT2D eigenvalue weighted by atomic mass is 10.2. The third kappa shape index (κ3) is 3.45. The van der Waals surface area contributed by atoms with E-state index in [-0.39, 0.29) is 16.4 Å². The second-order valence-electron chi connectivity index (χ2n) is 6.38. The van der Waals surface area contributed by atoms with Crippen LogP contribution in [0, 0.1) is 0 Å². The van der Waals surface area contributed by atoms with Gasteiger partial charge in [0.05, 0.1) is 28.3 Å². The first-order chi connectivity index (χ1) is 11.3. The van der Waals surface area contributed by atoms with Gasteiger partial charge in [-0.15, -0.1) is 0 Å². The third-order valence-electron chi connectivity index (χ3n) is 4.74. The van der Waals surface area contributed by atoms with Crippen LogP contribution in [-0.4, -0.2) is 64.2 Å². The van der Waals surface area contributed by atoms with E-state index in [2.05, 4.69) is 0 Å². The minimum atomic E-state index is -3.70. The van der Waals surface area contributed by atoms with E-state index < -0.39 is 31.0 Å². The Kier molecular flexibility index (Phi) is 4.90. The molecular weight excluding hydrogens is 350 g/mol. The lowest BCUT2D eigenvalue weighted by Gasteiger charge is -2.27. The van der Waals surface area contributed by atoms with E-state index in [1.165, 1.54) is 12.1 Å². The number of hydrogen-bond acceptors (Lipinski definition) is 6. The highest BCUT2D eigenvalue weighted by Gasteiger charge is 2.48. The third-order valence-corrected chi connectivity index (χ3v) is 8.88. The average Bonchev–Trinajstić information content (AvgIpc) is 3.15. The van der Waals surface area contributed by atoms with Gasteiger partial charge in [0, 0.05) is 6.04 Å². The number of rotatable bonds is 5. The Hall–Kier alpha value is -1.12. The molecule has 134 valence electrons. The highest BCUT2D eigenvalue weighted by atomic mass is 32.2. The van der Waals surface area contributed by atoms with Crippen molar-refractivity contribution in [1.82, 2.24) is 4.90 Å². The van der Waals surface area contributed by atoms with Gasteiger partial charge in [-0.05, 0) is 57.1 Å². The number of nitrogens with zero attached hydrogens (tertiary/aromatic N) is 1. The Morgan fingerprint density at radius 2 is 1.75 bits per heavy atom. The van der Waals surface area contributed by atoms with Crippen LogP contribution in [0.3, 0.4) is 0 Å². The van der Waals surface area contributed by atoms with E-state index in [1.54, 1.807) is 12.1 Å². The van der Waals surface area contributed by atoms with Gasteiger partial charge >= 0.3 is 0 Å². The molecule has 24 heavy (non-hydrogen) atoms. The molecule has 2 atom stereocenters. The summed E-state index contributed by atoms with van der Waals surface area (Å²) in [6.45, 7) is 3.91. The molecule has 8 heteroatoms. The SMILES string of the molecule is CCOc1ccc(S(=O)(=O)C2CS(=O)(=O)CC2N2CCCC2)cc1. The first-order valence-electron chi connectivity index (χ1n) is 8.25. The van der Waals surface area contributed by atoms with Crippen molar-refractivity contribution in [3.05, 3.63) is 24.3 Å². The fraction of sp³-hybridized carbons (Fsp3) is 0.625. The highest BCUT2D eigenvalue weighted by Crippen LogP contribution is 2.31. The summed E-state index contributed by atoms with van der Waals surface area (Å²) in [7, 11) is -7.04. The highest BCUT2D eigenvalue weighted by molar-refractivity contribution is 7.96. The summed E-state index contributed by atoms with van der Waals surface area (Å²) in [5, 5.41) is -0.890. The number of hydrogen-bond donors (Lipinski definition) is 0. The molecule has 0 spiro atoms. The van der Waals surface area contributed by atoms with Crippen molar-refractivity contribution in [1.29, 1.82) is 0 Å². The van der Waals surface area contributed by atoms with Crippen molar-refractivity contribution in [2.45, 2.75) is 36.0 Å². The Morgan fingerprint density at radius 3 is 2.33 bits per heavy atom. The molecule has 0 aromatic heterocycles. The minimum Gasteiger partial charge on any atom is -0.494 e. The molecule has 0 bridgehead atoms. The number of sulfone groups is 2. The quantitative estimate of drug-likeness (QED) is 0.769. The van der Waals surface area contributed by atoms with Crippen LogP contribution >= 0.6 is 0 Å². The topological polar surface area (TPSA) is 80.8 Å². The molecule has 0 amide bonds. The maximum absolute atomic E-state index is 13.0.